The lowest BCUT2D eigenvalue weighted by molar-refractivity contribution is -0.347. The van der Waals surface area contributed by atoms with Crippen LogP contribution in [0, 0.1) is 5.92 Å². The molecular formula is C13H24O10. The van der Waals surface area contributed by atoms with Gasteiger partial charge in [0.15, 0.2) is 12.6 Å². The molecular weight excluding hydrogens is 316 g/mol. The van der Waals surface area contributed by atoms with E-state index in [1.165, 1.54) is 6.92 Å². The number of hydrogen-bond donors (Lipinski definition) is 7. The highest BCUT2D eigenvalue weighted by Crippen LogP contribution is 2.31. The van der Waals surface area contributed by atoms with Crippen LogP contribution >= 0.6 is 0 Å². The number of hydrogen-bond acceptors (Lipinski definition) is 10. The maximum absolute atomic E-state index is 10.2. The van der Waals surface area contributed by atoms with Crippen molar-refractivity contribution in [3.8, 4) is 0 Å². The summed E-state index contributed by atoms with van der Waals surface area (Å²) in [6.45, 7) is 0.355. The van der Waals surface area contributed by atoms with Crippen molar-refractivity contribution in [3.63, 3.8) is 0 Å². The van der Waals surface area contributed by atoms with Gasteiger partial charge in [0.05, 0.1) is 19.3 Å². The van der Waals surface area contributed by atoms with E-state index in [9.17, 15) is 25.5 Å². The Kier molecular flexibility index (Phi) is 6.30. The molecule has 0 aromatic heterocycles. The van der Waals surface area contributed by atoms with Crippen LogP contribution in [0.15, 0.2) is 0 Å². The highest BCUT2D eigenvalue weighted by molar-refractivity contribution is 4.92. The summed E-state index contributed by atoms with van der Waals surface area (Å²) >= 11 is 0. The number of aliphatic hydroxyl groups is 7. The van der Waals surface area contributed by atoms with Crippen molar-refractivity contribution in [1.29, 1.82) is 0 Å². The summed E-state index contributed by atoms with van der Waals surface area (Å²) in [6, 6.07) is 0. The van der Waals surface area contributed by atoms with Crippen molar-refractivity contribution in [1.82, 2.24) is 0 Å². The average molecular weight is 340 g/mol. The molecule has 0 aliphatic carbocycles. The maximum Gasteiger partial charge on any atom is 0.187 e. The largest absolute Gasteiger partial charge is 0.394 e. The molecule has 2 heterocycles. The molecule has 10 unspecified atom stereocenters. The topological polar surface area (TPSA) is 169 Å². The SMILES string of the molecule is CC1C(O)OC(CO)C(O)C1OC1OC(CO)C(O)C(O)C1O. The van der Waals surface area contributed by atoms with Crippen molar-refractivity contribution in [2.45, 2.75) is 62.2 Å². The van der Waals surface area contributed by atoms with Gasteiger partial charge in [-0.3, -0.25) is 0 Å². The Balaban J connectivity index is 2.11. The second kappa shape index (κ2) is 7.66. The first-order valence-corrected chi connectivity index (χ1v) is 7.40. The van der Waals surface area contributed by atoms with Crippen molar-refractivity contribution >= 4 is 0 Å². The minimum Gasteiger partial charge on any atom is -0.394 e. The zero-order valence-corrected chi connectivity index (χ0v) is 12.5. The van der Waals surface area contributed by atoms with Gasteiger partial charge in [-0.25, -0.2) is 0 Å². The van der Waals surface area contributed by atoms with Crippen LogP contribution in [-0.4, -0.2) is 104 Å². The predicted octanol–water partition coefficient (Wildman–Crippen LogP) is -4.12. The molecule has 2 aliphatic rings. The van der Waals surface area contributed by atoms with E-state index >= 15 is 0 Å². The van der Waals surface area contributed by atoms with Crippen LogP contribution in [0.4, 0.5) is 0 Å². The summed E-state index contributed by atoms with van der Waals surface area (Å²) in [5, 5.41) is 67.6. The van der Waals surface area contributed by atoms with Crippen molar-refractivity contribution in [2.75, 3.05) is 13.2 Å². The fourth-order valence-electron chi connectivity index (χ4n) is 2.76. The average Bonchev–Trinajstić information content (AvgIpc) is 2.54. The second-order valence-corrected chi connectivity index (χ2v) is 5.90. The van der Waals surface area contributed by atoms with Gasteiger partial charge < -0.3 is 50.0 Å². The molecule has 0 spiro atoms. The van der Waals surface area contributed by atoms with E-state index in [1.807, 2.05) is 0 Å². The Bertz CT molecular complexity index is 380. The van der Waals surface area contributed by atoms with Crippen LogP contribution in [0.1, 0.15) is 6.92 Å². The summed E-state index contributed by atoms with van der Waals surface area (Å²) in [4.78, 5) is 0. The molecule has 10 heteroatoms. The third-order valence-electron chi connectivity index (χ3n) is 4.32. The molecule has 2 saturated heterocycles. The van der Waals surface area contributed by atoms with E-state index < -0.39 is 74.4 Å². The Hall–Kier alpha value is -0.400. The highest BCUT2D eigenvalue weighted by Gasteiger charge is 2.49. The molecule has 10 atom stereocenters. The molecule has 10 nitrogen and oxygen atoms in total. The van der Waals surface area contributed by atoms with Gasteiger partial charge in [0.25, 0.3) is 0 Å². The molecule has 0 saturated carbocycles. The fourth-order valence-corrected chi connectivity index (χ4v) is 2.76. The number of aliphatic hydroxyl groups excluding tert-OH is 7. The molecule has 7 N–H and O–H groups in total. The Morgan fingerprint density at radius 2 is 1.35 bits per heavy atom. The lowest BCUT2D eigenvalue weighted by atomic mass is 9.92. The van der Waals surface area contributed by atoms with Crippen LogP contribution in [0.2, 0.25) is 0 Å². The lowest BCUT2D eigenvalue weighted by Crippen LogP contribution is -2.62. The first kappa shape index (κ1) is 18.9. The van der Waals surface area contributed by atoms with E-state index in [0.29, 0.717) is 0 Å². The normalized spacial score (nSPS) is 51.7. The van der Waals surface area contributed by atoms with Gasteiger partial charge in [0, 0.05) is 5.92 Å². The first-order valence-electron chi connectivity index (χ1n) is 7.40. The molecule has 0 radical (unpaired) electrons. The molecule has 2 rings (SSSR count). The van der Waals surface area contributed by atoms with Gasteiger partial charge in [-0.15, -0.1) is 0 Å². The molecule has 0 aromatic rings. The smallest absolute Gasteiger partial charge is 0.187 e. The Morgan fingerprint density at radius 3 is 1.91 bits per heavy atom. The van der Waals surface area contributed by atoms with E-state index in [2.05, 4.69) is 0 Å². The van der Waals surface area contributed by atoms with E-state index in [-0.39, 0.29) is 0 Å². The van der Waals surface area contributed by atoms with E-state index in [0.717, 1.165) is 0 Å². The van der Waals surface area contributed by atoms with Gasteiger partial charge in [0.1, 0.15) is 36.6 Å². The van der Waals surface area contributed by atoms with Crippen molar-refractivity contribution in [2.24, 2.45) is 5.92 Å². The zero-order chi connectivity index (χ0) is 17.3. The summed E-state index contributed by atoms with van der Waals surface area (Å²) in [6.07, 6.45) is -12.1. The maximum atomic E-state index is 10.2. The summed E-state index contributed by atoms with van der Waals surface area (Å²) < 4.78 is 15.7. The Morgan fingerprint density at radius 1 is 0.783 bits per heavy atom. The molecule has 23 heavy (non-hydrogen) atoms. The molecule has 0 aromatic carbocycles. The van der Waals surface area contributed by atoms with Gasteiger partial charge in [-0.2, -0.15) is 0 Å². The van der Waals surface area contributed by atoms with Gasteiger partial charge in [-0.05, 0) is 0 Å². The lowest BCUT2D eigenvalue weighted by Gasteiger charge is -2.45. The van der Waals surface area contributed by atoms with Crippen LogP contribution in [0.3, 0.4) is 0 Å². The summed E-state index contributed by atoms with van der Waals surface area (Å²) in [7, 11) is 0. The van der Waals surface area contributed by atoms with Gasteiger partial charge in [-0.1, -0.05) is 6.92 Å². The van der Waals surface area contributed by atoms with Gasteiger partial charge >= 0.3 is 0 Å². The third kappa shape index (κ3) is 3.66. The van der Waals surface area contributed by atoms with Crippen LogP contribution in [-0.2, 0) is 14.2 Å². The third-order valence-corrected chi connectivity index (χ3v) is 4.32. The minimum absolute atomic E-state index is 0.556. The summed E-state index contributed by atoms with van der Waals surface area (Å²) in [5.41, 5.74) is 0. The molecule has 2 fully saturated rings. The molecule has 0 bridgehead atoms. The zero-order valence-electron chi connectivity index (χ0n) is 12.5. The van der Waals surface area contributed by atoms with Crippen LogP contribution in [0.5, 0.6) is 0 Å². The Labute approximate surface area is 132 Å². The quantitative estimate of drug-likeness (QED) is 0.267. The first-order chi connectivity index (χ1) is 10.8. The van der Waals surface area contributed by atoms with Crippen molar-refractivity contribution in [3.05, 3.63) is 0 Å². The van der Waals surface area contributed by atoms with E-state index in [4.69, 9.17) is 24.4 Å². The van der Waals surface area contributed by atoms with Crippen LogP contribution < -0.4 is 0 Å². The molecule has 136 valence electrons. The fraction of sp³-hybridized carbons (Fsp3) is 1.00. The van der Waals surface area contributed by atoms with Crippen LogP contribution in [0.25, 0.3) is 0 Å². The monoisotopic (exact) mass is 340 g/mol. The molecule has 0 amide bonds. The predicted molar refractivity (Wildman–Crippen MR) is 71.8 cm³/mol. The number of ether oxygens (including phenoxy) is 3. The summed E-state index contributed by atoms with van der Waals surface area (Å²) in [5.74, 6) is -0.722. The second-order valence-electron chi connectivity index (χ2n) is 5.90. The van der Waals surface area contributed by atoms with E-state index in [1.54, 1.807) is 0 Å². The van der Waals surface area contributed by atoms with Crippen molar-refractivity contribution < 1.29 is 50.0 Å². The minimum atomic E-state index is -1.63. The highest BCUT2D eigenvalue weighted by atomic mass is 16.7. The van der Waals surface area contributed by atoms with Gasteiger partial charge in [0.2, 0.25) is 0 Å². The molecule has 2 aliphatic heterocycles. The number of rotatable bonds is 4. The standard InChI is InChI=1S/C13H24O10/c1-4-11(8(17)6(3-15)21-12(4)20)23-13-10(19)9(18)7(16)5(2-14)22-13/h4-20H,2-3H2,1H3.